The minimum Gasteiger partial charge on any atom is -0.274 e. The van der Waals surface area contributed by atoms with Gasteiger partial charge in [0, 0.05) is 11.6 Å². The van der Waals surface area contributed by atoms with Crippen molar-refractivity contribution in [1.29, 1.82) is 0 Å². The third kappa shape index (κ3) is 2.01. The molecule has 4 nitrogen and oxygen atoms in total. The highest BCUT2D eigenvalue weighted by Gasteiger charge is 2.10. The average Bonchev–Trinajstić information content (AvgIpc) is 2.35. The highest BCUT2D eigenvalue weighted by molar-refractivity contribution is 6.04. The van der Waals surface area contributed by atoms with E-state index in [9.17, 15) is 4.79 Å². The molecule has 82 valence electrons. The van der Waals surface area contributed by atoms with Crippen LogP contribution in [0, 0.1) is 0 Å². The number of hydrogen-bond acceptors (Lipinski definition) is 3. The maximum atomic E-state index is 11.7. The van der Waals surface area contributed by atoms with Crippen molar-refractivity contribution in [1.82, 2.24) is 10.5 Å². The third-order valence-corrected chi connectivity index (χ3v) is 2.20. The van der Waals surface area contributed by atoms with Gasteiger partial charge in [-0.15, -0.1) is 0 Å². The summed E-state index contributed by atoms with van der Waals surface area (Å²) >= 11 is 0. The zero-order valence-electron chi connectivity index (χ0n) is 8.93. The average molecular weight is 216 g/mol. The lowest BCUT2D eigenvalue weighted by Crippen LogP contribution is -2.24. The molecule has 1 aromatic carbocycles. The van der Waals surface area contributed by atoms with Gasteiger partial charge >= 0.3 is 0 Å². The summed E-state index contributed by atoms with van der Waals surface area (Å²) in [7, 11) is 0. The number of carbonyl (C=O) groups excluding carboxylic acids is 1. The van der Waals surface area contributed by atoms with Gasteiger partial charge in [0.1, 0.15) is 5.69 Å². The lowest BCUT2D eigenvalue weighted by atomic mass is 10.1. The van der Waals surface area contributed by atoms with Gasteiger partial charge in [0.05, 0.1) is 6.61 Å². The summed E-state index contributed by atoms with van der Waals surface area (Å²) in [5.41, 5.74) is 2.72. The molecule has 0 saturated heterocycles. The van der Waals surface area contributed by atoms with E-state index < -0.39 is 0 Å². The van der Waals surface area contributed by atoms with Crippen molar-refractivity contribution in [2.75, 3.05) is 6.61 Å². The van der Waals surface area contributed by atoms with Gasteiger partial charge in [-0.3, -0.25) is 14.6 Å². The molecule has 0 saturated carbocycles. The van der Waals surface area contributed by atoms with Gasteiger partial charge < -0.3 is 0 Å². The van der Waals surface area contributed by atoms with Crippen molar-refractivity contribution in [2.24, 2.45) is 0 Å². The van der Waals surface area contributed by atoms with E-state index in [1.165, 1.54) is 0 Å². The summed E-state index contributed by atoms with van der Waals surface area (Å²) in [5, 5.41) is 1.81. The summed E-state index contributed by atoms with van der Waals surface area (Å²) in [6, 6.07) is 9.47. The summed E-state index contributed by atoms with van der Waals surface area (Å²) in [5.74, 6) is -0.321. The molecule has 0 aliphatic carbocycles. The van der Waals surface area contributed by atoms with Crippen molar-refractivity contribution < 1.29 is 9.63 Å². The molecule has 0 bridgehead atoms. The van der Waals surface area contributed by atoms with Crippen molar-refractivity contribution in [3.8, 4) is 0 Å². The number of pyridine rings is 1. The Kier molecular flexibility index (Phi) is 3.12. The lowest BCUT2D eigenvalue weighted by molar-refractivity contribution is 0.0361. The minimum atomic E-state index is -0.321. The van der Waals surface area contributed by atoms with Gasteiger partial charge in [-0.25, -0.2) is 5.48 Å². The van der Waals surface area contributed by atoms with Crippen LogP contribution in [0.1, 0.15) is 17.4 Å². The Morgan fingerprint density at radius 1 is 1.38 bits per heavy atom. The second-order valence-electron chi connectivity index (χ2n) is 3.24. The molecule has 2 rings (SSSR count). The molecular formula is C12H12N2O2. The van der Waals surface area contributed by atoms with E-state index in [0.717, 1.165) is 10.8 Å². The molecule has 16 heavy (non-hydrogen) atoms. The highest BCUT2D eigenvalue weighted by atomic mass is 16.6. The number of benzene rings is 1. The second-order valence-corrected chi connectivity index (χ2v) is 3.24. The lowest BCUT2D eigenvalue weighted by Gasteiger charge is -2.05. The van der Waals surface area contributed by atoms with Gasteiger partial charge in [0.15, 0.2) is 0 Å². The topological polar surface area (TPSA) is 51.2 Å². The monoisotopic (exact) mass is 216 g/mol. The largest absolute Gasteiger partial charge is 0.294 e. The number of rotatable bonds is 3. The predicted octanol–water partition coefficient (Wildman–Crippen LogP) is 1.92. The maximum absolute atomic E-state index is 11.7. The highest BCUT2D eigenvalue weighted by Crippen LogP contribution is 2.15. The van der Waals surface area contributed by atoms with Crippen molar-refractivity contribution in [3.05, 3.63) is 42.2 Å². The van der Waals surface area contributed by atoms with Crippen LogP contribution in [0.15, 0.2) is 36.5 Å². The van der Waals surface area contributed by atoms with Gasteiger partial charge in [-0.1, -0.05) is 24.3 Å². The number of amides is 1. The molecule has 0 unspecified atom stereocenters. The Hall–Kier alpha value is -1.94. The molecule has 4 heteroatoms. The molecule has 2 aromatic rings. The molecule has 0 aliphatic heterocycles. The van der Waals surface area contributed by atoms with Crippen LogP contribution in [0.25, 0.3) is 10.8 Å². The smallest absolute Gasteiger partial charge is 0.274 e. The number of nitrogens with zero attached hydrogens (tertiary/aromatic N) is 1. The molecule has 0 fully saturated rings. The van der Waals surface area contributed by atoms with Crippen LogP contribution in [-0.4, -0.2) is 17.5 Å². The number of fused-ring (bicyclic) bond motifs is 1. The number of carbonyl (C=O) groups is 1. The fraction of sp³-hybridized carbons (Fsp3) is 0.167. The Morgan fingerprint density at radius 3 is 3.00 bits per heavy atom. The standard InChI is InChI=1S/C12H12N2O2/c1-2-16-14-12(15)11-10-6-4-3-5-9(10)7-8-13-11/h3-8H,2H2,1H3,(H,14,15). The molecule has 1 aromatic heterocycles. The van der Waals surface area contributed by atoms with Crippen LogP contribution in [0.3, 0.4) is 0 Å². The predicted molar refractivity (Wildman–Crippen MR) is 60.8 cm³/mol. The van der Waals surface area contributed by atoms with Crippen molar-refractivity contribution >= 4 is 16.7 Å². The van der Waals surface area contributed by atoms with Crippen LogP contribution < -0.4 is 5.48 Å². The molecule has 0 aliphatic rings. The summed E-state index contributed by atoms with van der Waals surface area (Å²) in [6.45, 7) is 2.23. The number of aromatic nitrogens is 1. The first-order valence-electron chi connectivity index (χ1n) is 5.09. The Bertz CT molecular complexity index is 506. The van der Waals surface area contributed by atoms with E-state index in [2.05, 4.69) is 10.5 Å². The SMILES string of the molecule is CCONC(=O)c1nccc2ccccc12. The molecule has 0 atom stereocenters. The normalized spacial score (nSPS) is 10.3. The van der Waals surface area contributed by atoms with E-state index in [-0.39, 0.29) is 5.91 Å². The second kappa shape index (κ2) is 4.72. The summed E-state index contributed by atoms with van der Waals surface area (Å²) < 4.78 is 0. The Labute approximate surface area is 93.2 Å². The van der Waals surface area contributed by atoms with Crippen LogP contribution in [-0.2, 0) is 4.84 Å². The van der Waals surface area contributed by atoms with Crippen molar-refractivity contribution in [3.63, 3.8) is 0 Å². The fourth-order valence-corrected chi connectivity index (χ4v) is 1.49. The zero-order valence-corrected chi connectivity index (χ0v) is 8.93. The number of hydroxylamine groups is 1. The number of nitrogens with one attached hydrogen (secondary N) is 1. The van der Waals surface area contributed by atoms with Crippen LogP contribution in [0.2, 0.25) is 0 Å². The van der Waals surface area contributed by atoms with Gasteiger partial charge in [-0.05, 0) is 18.4 Å². The summed E-state index contributed by atoms with van der Waals surface area (Å²) in [6.07, 6.45) is 1.61. The first-order chi connectivity index (χ1) is 7.83. The van der Waals surface area contributed by atoms with Gasteiger partial charge in [0.25, 0.3) is 5.91 Å². The van der Waals surface area contributed by atoms with E-state index >= 15 is 0 Å². The van der Waals surface area contributed by atoms with E-state index in [0.29, 0.717) is 12.3 Å². The molecule has 1 heterocycles. The fourth-order valence-electron chi connectivity index (χ4n) is 1.49. The molecule has 1 N–H and O–H groups in total. The number of hydrogen-bond donors (Lipinski definition) is 1. The van der Waals surface area contributed by atoms with Gasteiger partial charge in [-0.2, -0.15) is 0 Å². The molecule has 0 radical (unpaired) electrons. The van der Waals surface area contributed by atoms with E-state index in [1.807, 2.05) is 30.3 Å². The Balaban J connectivity index is 2.40. The quantitative estimate of drug-likeness (QED) is 0.797. The van der Waals surface area contributed by atoms with Crippen LogP contribution in [0.4, 0.5) is 0 Å². The van der Waals surface area contributed by atoms with Gasteiger partial charge in [0.2, 0.25) is 0 Å². The zero-order chi connectivity index (χ0) is 11.4. The first-order valence-corrected chi connectivity index (χ1v) is 5.09. The molecular weight excluding hydrogens is 204 g/mol. The summed E-state index contributed by atoms with van der Waals surface area (Å²) in [4.78, 5) is 20.6. The van der Waals surface area contributed by atoms with E-state index in [4.69, 9.17) is 4.84 Å². The Morgan fingerprint density at radius 2 is 2.19 bits per heavy atom. The molecule has 0 spiro atoms. The maximum Gasteiger partial charge on any atom is 0.294 e. The van der Waals surface area contributed by atoms with Crippen LogP contribution >= 0.6 is 0 Å². The first kappa shape index (κ1) is 10.6. The third-order valence-electron chi connectivity index (χ3n) is 2.20. The van der Waals surface area contributed by atoms with Crippen molar-refractivity contribution in [2.45, 2.75) is 6.92 Å². The van der Waals surface area contributed by atoms with Crippen LogP contribution in [0.5, 0.6) is 0 Å². The minimum absolute atomic E-state index is 0.321. The molecule has 1 amide bonds. The van der Waals surface area contributed by atoms with E-state index in [1.54, 1.807) is 13.1 Å².